The number of phenols is 1. The van der Waals surface area contributed by atoms with E-state index in [0.717, 1.165) is 34.4 Å². The van der Waals surface area contributed by atoms with Gasteiger partial charge in [0.05, 0.1) is 27.8 Å². The molecule has 2 atom stereocenters. The number of hydrogen-bond donors (Lipinski definition) is 2. The van der Waals surface area contributed by atoms with Crippen LogP contribution >= 0.6 is 11.6 Å². The number of halogens is 1. The van der Waals surface area contributed by atoms with Crippen LogP contribution < -0.4 is 0 Å². The van der Waals surface area contributed by atoms with Crippen LogP contribution in [0.2, 0.25) is 11.3 Å². The monoisotopic (exact) mass is 487 g/mol. The molecule has 0 amide bonds. The van der Waals surface area contributed by atoms with E-state index in [1.54, 1.807) is 18.3 Å². The molecule has 2 aliphatic heterocycles. The molecule has 0 radical (unpaired) electrons. The Morgan fingerprint density at radius 3 is 2.85 bits per heavy atom. The minimum Gasteiger partial charge on any atom is -0.508 e. The summed E-state index contributed by atoms with van der Waals surface area (Å²) in [6.07, 6.45) is 5.87. The van der Waals surface area contributed by atoms with Crippen LogP contribution in [-0.4, -0.2) is 47.8 Å². The lowest BCUT2D eigenvalue weighted by Crippen LogP contribution is -2.41. The average molecular weight is 488 g/mol. The molecule has 0 bridgehead atoms. The molecule has 1 fully saturated rings. The number of rotatable bonds is 7. The van der Waals surface area contributed by atoms with Crippen LogP contribution in [-0.2, 0) is 14.5 Å². The number of fused-ring (bicyclic) bond motifs is 1. The van der Waals surface area contributed by atoms with Crippen LogP contribution in [0, 0.1) is 0 Å². The first-order valence-corrected chi connectivity index (χ1v) is 13.2. The maximum atomic E-state index is 12.8. The normalized spacial score (nSPS) is 22.5. The molecule has 6 nitrogen and oxygen atoms in total. The molecule has 4 rings (SSSR count). The van der Waals surface area contributed by atoms with Crippen molar-refractivity contribution in [2.45, 2.75) is 50.3 Å². The molecule has 0 saturated carbocycles. The number of benzene rings is 1. The predicted molar refractivity (Wildman–Crippen MR) is 132 cm³/mol. The topological polar surface area (TPSA) is 96.7 Å². The second-order valence-corrected chi connectivity index (χ2v) is 11.1. The molecule has 2 N–H and O–H groups in total. The summed E-state index contributed by atoms with van der Waals surface area (Å²) in [5.41, 5.74) is 4.19. The fourth-order valence-electron chi connectivity index (χ4n) is 4.73. The van der Waals surface area contributed by atoms with Gasteiger partial charge in [0.25, 0.3) is 0 Å². The lowest BCUT2D eigenvalue weighted by molar-refractivity contribution is 0.171. The summed E-state index contributed by atoms with van der Waals surface area (Å²) in [5, 5.41) is 19.7. The number of aromatic nitrogens is 1. The first kappa shape index (κ1) is 24.0. The Kier molecular flexibility index (Phi) is 7.29. The zero-order valence-electron chi connectivity index (χ0n) is 18.4. The van der Waals surface area contributed by atoms with Gasteiger partial charge in [-0.2, -0.15) is 0 Å². The number of allylic oxidation sites excluding steroid dienone is 1. The minimum absolute atomic E-state index is 0.0550. The molecule has 1 aromatic carbocycles. The molecule has 3 heterocycles. The largest absolute Gasteiger partial charge is 0.508 e. The van der Waals surface area contributed by atoms with Gasteiger partial charge < -0.3 is 14.8 Å². The SMILES string of the molecule is CCCC1=C2[C@@H](CC/C(=C/c3ccc(O)cc3Cl)c3ccccn3)OB(O)C[C@@H]2S(=O)(=O)C1. The van der Waals surface area contributed by atoms with Crippen molar-refractivity contribution < 1.29 is 23.2 Å². The van der Waals surface area contributed by atoms with Gasteiger partial charge in [0.2, 0.25) is 0 Å². The lowest BCUT2D eigenvalue weighted by Gasteiger charge is -2.32. The highest BCUT2D eigenvalue weighted by atomic mass is 35.5. The number of phenolic OH excluding ortho intramolecular Hbond substituents is 1. The first-order valence-electron chi connectivity index (χ1n) is 11.2. The predicted octanol–water partition coefficient (Wildman–Crippen LogP) is 4.53. The van der Waals surface area contributed by atoms with Crippen LogP contribution in [0.1, 0.15) is 43.9 Å². The Hall–Kier alpha value is -2.13. The van der Waals surface area contributed by atoms with Crippen molar-refractivity contribution in [3.05, 3.63) is 70.0 Å². The molecule has 9 heteroatoms. The van der Waals surface area contributed by atoms with E-state index in [2.05, 4.69) is 4.98 Å². The van der Waals surface area contributed by atoms with Crippen LogP contribution in [0.4, 0.5) is 0 Å². The molecule has 1 saturated heterocycles. The lowest BCUT2D eigenvalue weighted by atomic mass is 9.74. The molecule has 1 aromatic heterocycles. The number of aromatic hydroxyl groups is 1. The van der Waals surface area contributed by atoms with Crippen LogP contribution in [0.3, 0.4) is 0 Å². The standard InChI is InChI=1S/C24H27BClNO5S/c1-2-5-18-15-33(30,31)23-14-25(29)32-22(24(18)23)10-8-17(21-6-3-4-11-27-21)12-16-7-9-19(28)13-20(16)26/h3-4,6-7,9,11-13,22-23,28-29H,2,5,8,10,14-15H2,1H3/b17-12-/t22-,23+/m1/s1. The maximum Gasteiger partial charge on any atom is 0.456 e. The van der Waals surface area contributed by atoms with Crippen molar-refractivity contribution in [1.29, 1.82) is 0 Å². The van der Waals surface area contributed by atoms with Crippen molar-refractivity contribution in [1.82, 2.24) is 4.98 Å². The van der Waals surface area contributed by atoms with E-state index in [1.807, 2.05) is 31.2 Å². The summed E-state index contributed by atoms with van der Waals surface area (Å²) in [4.78, 5) is 4.48. The summed E-state index contributed by atoms with van der Waals surface area (Å²) in [6.45, 7) is 2.03. The van der Waals surface area contributed by atoms with E-state index in [-0.39, 0.29) is 17.8 Å². The number of nitrogens with zero attached hydrogens (tertiary/aromatic N) is 1. The van der Waals surface area contributed by atoms with Crippen LogP contribution in [0.15, 0.2) is 53.7 Å². The highest BCUT2D eigenvalue weighted by molar-refractivity contribution is 7.92. The van der Waals surface area contributed by atoms with Gasteiger partial charge in [0, 0.05) is 12.5 Å². The van der Waals surface area contributed by atoms with Gasteiger partial charge in [-0.25, -0.2) is 8.42 Å². The molecular formula is C24H27BClNO5S. The fraction of sp³-hybridized carbons (Fsp3) is 0.375. The third kappa shape index (κ3) is 5.35. The molecule has 33 heavy (non-hydrogen) atoms. The van der Waals surface area contributed by atoms with Gasteiger partial charge in [-0.15, -0.1) is 0 Å². The Bertz CT molecular complexity index is 1180. The second kappa shape index (κ2) is 10.0. The van der Waals surface area contributed by atoms with Crippen LogP contribution in [0.5, 0.6) is 5.75 Å². The van der Waals surface area contributed by atoms with Gasteiger partial charge in [-0.05, 0) is 72.4 Å². The second-order valence-electron chi connectivity index (χ2n) is 8.55. The van der Waals surface area contributed by atoms with Gasteiger partial charge >= 0.3 is 7.12 Å². The Morgan fingerprint density at radius 1 is 1.33 bits per heavy atom. The van der Waals surface area contributed by atoms with Crippen molar-refractivity contribution in [3.8, 4) is 5.75 Å². The zero-order valence-corrected chi connectivity index (χ0v) is 20.0. The van der Waals surface area contributed by atoms with Crippen molar-refractivity contribution >= 4 is 40.2 Å². The zero-order chi connectivity index (χ0) is 23.6. The Morgan fingerprint density at radius 2 is 2.15 bits per heavy atom. The highest BCUT2D eigenvalue weighted by Gasteiger charge is 2.48. The summed E-state index contributed by atoms with van der Waals surface area (Å²) in [5.74, 6) is 0.143. The van der Waals surface area contributed by atoms with Gasteiger partial charge in [-0.1, -0.05) is 36.6 Å². The number of sulfone groups is 1. The summed E-state index contributed by atoms with van der Waals surface area (Å²) < 4.78 is 31.4. The first-order chi connectivity index (χ1) is 15.8. The molecular weight excluding hydrogens is 461 g/mol. The number of pyridine rings is 1. The maximum absolute atomic E-state index is 12.8. The van der Waals surface area contributed by atoms with Gasteiger partial charge in [-0.3, -0.25) is 4.98 Å². The fourth-order valence-corrected chi connectivity index (χ4v) is 7.12. The molecule has 2 aromatic rings. The van der Waals surface area contributed by atoms with Crippen molar-refractivity contribution in [2.75, 3.05) is 5.75 Å². The van der Waals surface area contributed by atoms with Gasteiger partial charge in [0.15, 0.2) is 9.84 Å². The van der Waals surface area contributed by atoms with E-state index >= 15 is 0 Å². The van der Waals surface area contributed by atoms with Gasteiger partial charge in [0.1, 0.15) is 5.75 Å². The quantitative estimate of drug-likeness (QED) is 0.440. The summed E-state index contributed by atoms with van der Waals surface area (Å²) in [6, 6.07) is 10.4. The minimum atomic E-state index is -3.32. The van der Waals surface area contributed by atoms with Crippen molar-refractivity contribution in [2.24, 2.45) is 0 Å². The van der Waals surface area contributed by atoms with E-state index in [4.69, 9.17) is 16.3 Å². The number of hydrogen-bond acceptors (Lipinski definition) is 6. The molecule has 0 spiro atoms. The Labute approximate surface area is 200 Å². The average Bonchev–Trinajstić information content (AvgIpc) is 3.03. The van der Waals surface area contributed by atoms with E-state index in [9.17, 15) is 18.5 Å². The third-order valence-electron chi connectivity index (χ3n) is 6.18. The Balaban J connectivity index is 1.66. The third-order valence-corrected chi connectivity index (χ3v) is 8.57. The molecule has 0 aliphatic carbocycles. The van der Waals surface area contributed by atoms with E-state index in [1.165, 1.54) is 6.07 Å². The summed E-state index contributed by atoms with van der Waals surface area (Å²) >= 11 is 6.33. The summed E-state index contributed by atoms with van der Waals surface area (Å²) in [7, 11) is -4.42. The molecule has 174 valence electrons. The molecule has 0 unspecified atom stereocenters. The highest BCUT2D eigenvalue weighted by Crippen LogP contribution is 2.41. The van der Waals surface area contributed by atoms with Crippen LogP contribution in [0.25, 0.3) is 11.6 Å². The van der Waals surface area contributed by atoms with E-state index in [0.29, 0.717) is 24.3 Å². The molecule has 2 aliphatic rings. The smallest absolute Gasteiger partial charge is 0.456 e. The van der Waals surface area contributed by atoms with Crippen molar-refractivity contribution in [3.63, 3.8) is 0 Å². The van der Waals surface area contributed by atoms with E-state index < -0.39 is 28.3 Å².